The predicted octanol–water partition coefficient (Wildman–Crippen LogP) is 8.19. The zero-order valence-electron chi connectivity index (χ0n) is 24.2. The summed E-state index contributed by atoms with van der Waals surface area (Å²) < 4.78 is 0.942. The van der Waals surface area contributed by atoms with Crippen molar-refractivity contribution in [2.75, 3.05) is 5.73 Å². The van der Waals surface area contributed by atoms with Gasteiger partial charge in [0.1, 0.15) is 10.8 Å². The number of aliphatic hydroxyl groups is 1. The van der Waals surface area contributed by atoms with Gasteiger partial charge >= 0.3 is 5.97 Å². The zero-order chi connectivity index (χ0) is 30.9. The molecule has 0 aliphatic carbocycles. The molecular weight excluding hydrogens is 580 g/mol. The van der Waals surface area contributed by atoms with Crippen molar-refractivity contribution < 1.29 is 15.0 Å². The van der Waals surface area contributed by atoms with Crippen molar-refractivity contribution in [3.8, 4) is 33.0 Å². The summed E-state index contributed by atoms with van der Waals surface area (Å²) in [4.78, 5) is 25.7. The molecule has 6 rings (SSSR count). The fourth-order valence-electron chi connectivity index (χ4n) is 4.68. The van der Waals surface area contributed by atoms with E-state index in [1.54, 1.807) is 44.4 Å². The molecule has 0 saturated heterocycles. The molecule has 9 heteroatoms. The van der Waals surface area contributed by atoms with E-state index in [-0.39, 0.29) is 6.42 Å². The van der Waals surface area contributed by atoms with Crippen molar-refractivity contribution in [3.63, 3.8) is 0 Å². The highest BCUT2D eigenvalue weighted by Gasteiger charge is 2.20. The van der Waals surface area contributed by atoms with Crippen LogP contribution < -0.4 is 5.73 Å². The Bertz CT molecular complexity index is 1960. The molecule has 0 bridgehead atoms. The molecule has 0 radical (unpaired) electrons. The van der Waals surface area contributed by atoms with E-state index < -0.39 is 11.6 Å². The Balaban J connectivity index is 0.000000682. The summed E-state index contributed by atoms with van der Waals surface area (Å²) >= 11 is 7.69. The summed E-state index contributed by atoms with van der Waals surface area (Å²) in [5.74, 6) is -0.389. The third-order valence-corrected chi connectivity index (χ3v) is 7.88. The van der Waals surface area contributed by atoms with Gasteiger partial charge in [-0.05, 0) is 99.0 Å². The van der Waals surface area contributed by atoms with Crippen LogP contribution in [0.25, 0.3) is 54.1 Å². The number of carbonyl (C=O) groups is 1. The maximum atomic E-state index is 11.7. The number of nitrogens with zero attached hydrogens (tertiary/aromatic N) is 3. The first-order chi connectivity index (χ1) is 20.4. The summed E-state index contributed by atoms with van der Waals surface area (Å²) in [6.45, 7) is 7.16. The standard InChI is InChI=1S/C30H21ClN4O2S.C4H10O/c1-16-12-25-29(28(22(16)15-27(36)37)17-2-6-21(31)7-3-17)38-30(35-25)20-10-11-33-24(14-20)19-4-8-23-18(13-19)5-9-26(32)34-23;1-4(2,3)5/h2-14H,15H2,1H3,(H2,32,34)(H,36,37);5H,1-3H3. The Kier molecular flexibility index (Phi) is 8.46. The van der Waals surface area contributed by atoms with Gasteiger partial charge in [-0.1, -0.05) is 29.8 Å². The number of anilines is 1. The summed E-state index contributed by atoms with van der Waals surface area (Å²) in [7, 11) is 0. The largest absolute Gasteiger partial charge is 0.481 e. The lowest BCUT2D eigenvalue weighted by Crippen LogP contribution is -2.10. The van der Waals surface area contributed by atoms with E-state index in [2.05, 4.69) is 9.97 Å². The number of halogens is 1. The topological polar surface area (TPSA) is 122 Å². The molecule has 43 heavy (non-hydrogen) atoms. The second kappa shape index (κ2) is 12.1. The predicted molar refractivity (Wildman–Crippen MR) is 176 cm³/mol. The fraction of sp³-hybridized carbons (Fsp3) is 0.176. The first-order valence-electron chi connectivity index (χ1n) is 13.6. The highest BCUT2D eigenvalue weighted by Crippen LogP contribution is 2.41. The number of benzene rings is 3. The van der Waals surface area contributed by atoms with E-state index in [0.29, 0.717) is 10.8 Å². The summed E-state index contributed by atoms with van der Waals surface area (Å²) in [6.07, 6.45) is 1.71. The highest BCUT2D eigenvalue weighted by molar-refractivity contribution is 7.22. The molecular formula is C34H31ClN4O3S. The van der Waals surface area contributed by atoms with E-state index >= 15 is 0 Å². The van der Waals surface area contributed by atoms with E-state index in [4.69, 9.17) is 27.4 Å². The first kappa shape index (κ1) is 30.1. The van der Waals surface area contributed by atoms with Crippen LogP contribution in [0.2, 0.25) is 5.02 Å². The number of thiazole rings is 1. The Labute approximate surface area is 258 Å². The average molecular weight is 611 g/mol. The van der Waals surface area contributed by atoms with E-state index in [1.165, 1.54) is 0 Å². The number of aliphatic carboxylic acids is 1. The van der Waals surface area contributed by atoms with Crippen molar-refractivity contribution in [1.82, 2.24) is 15.0 Å². The molecule has 3 aromatic carbocycles. The third kappa shape index (κ3) is 7.17. The fourth-order valence-corrected chi connectivity index (χ4v) is 5.94. The van der Waals surface area contributed by atoms with Gasteiger partial charge in [-0.15, -0.1) is 11.3 Å². The van der Waals surface area contributed by atoms with Gasteiger partial charge in [-0.2, -0.15) is 0 Å². The molecule has 0 fully saturated rings. The minimum atomic E-state index is -0.876. The second-order valence-electron chi connectivity index (χ2n) is 11.2. The van der Waals surface area contributed by atoms with Gasteiger partial charge < -0.3 is 15.9 Å². The number of hydrogen-bond donors (Lipinski definition) is 3. The van der Waals surface area contributed by atoms with E-state index in [9.17, 15) is 9.90 Å². The van der Waals surface area contributed by atoms with Crippen molar-refractivity contribution in [2.45, 2.75) is 39.7 Å². The average Bonchev–Trinajstić information content (AvgIpc) is 3.36. The molecule has 0 saturated carbocycles. The molecule has 0 spiro atoms. The second-order valence-corrected chi connectivity index (χ2v) is 12.7. The number of carboxylic acid groups (broad SMARTS) is 1. The van der Waals surface area contributed by atoms with Crippen LogP contribution in [0.3, 0.4) is 0 Å². The van der Waals surface area contributed by atoms with Gasteiger partial charge in [0.15, 0.2) is 0 Å². The van der Waals surface area contributed by atoms with Crippen LogP contribution in [0.5, 0.6) is 0 Å². The first-order valence-corrected chi connectivity index (χ1v) is 14.8. The van der Waals surface area contributed by atoms with Crippen LogP contribution in [-0.2, 0) is 11.2 Å². The Morgan fingerprint density at radius 1 is 0.907 bits per heavy atom. The molecule has 6 aromatic rings. The number of aromatic nitrogens is 3. The molecule has 0 unspecified atom stereocenters. The third-order valence-electron chi connectivity index (χ3n) is 6.49. The molecule has 0 amide bonds. The van der Waals surface area contributed by atoms with Crippen molar-refractivity contribution in [2.24, 2.45) is 0 Å². The minimum Gasteiger partial charge on any atom is -0.481 e. The monoisotopic (exact) mass is 610 g/mol. The van der Waals surface area contributed by atoms with Gasteiger partial charge in [0, 0.05) is 33.3 Å². The smallest absolute Gasteiger partial charge is 0.307 e. The Morgan fingerprint density at radius 3 is 2.30 bits per heavy atom. The van der Waals surface area contributed by atoms with Gasteiger partial charge in [-0.25, -0.2) is 9.97 Å². The summed E-state index contributed by atoms with van der Waals surface area (Å²) in [6, 6.07) is 23.1. The van der Waals surface area contributed by atoms with E-state index in [1.807, 2.05) is 73.7 Å². The van der Waals surface area contributed by atoms with Crippen LogP contribution in [0.4, 0.5) is 5.82 Å². The van der Waals surface area contributed by atoms with Crippen molar-refractivity contribution >= 4 is 55.8 Å². The highest BCUT2D eigenvalue weighted by atomic mass is 35.5. The molecule has 0 atom stereocenters. The Hall–Kier alpha value is -4.37. The lowest BCUT2D eigenvalue weighted by molar-refractivity contribution is -0.136. The quantitative estimate of drug-likeness (QED) is 0.180. The SMILES string of the molecule is CC(C)(C)O.Cc1cc2nc(-c3ccnc(-c4ccc5nc(N)ccc5c4)c3)sc2c(-c2ccc(Cl)cc2)c1CC(=O)O. The number of nitrogens with two attached hydrogens (primary N) is 1. The molecule has 0 aliphatic rings. The lowest BCUT2D eigenvalue weighted by Gasteiger charge is -2.13. The van der Waals surface area contributed by atoms with Gasteiger partial charge in [-0.3, -0.25) is 9.78 Å². The minimum absolute atomic E-state index is 0.0746. The number of carboxylic acids is 1. The summed E-state index contributed by atoms with van der Waals surface area (Å²) in [5, 5.41) is 20.6. The maximum absolute atomic E-state index is 11.7. The number of hydrogen-bond acceptors (Lipinski definition) is 7. The number of pyridine rings is 2. The normalized spacial score (nSPS) is 11.4. The molecule has 3 aromatic heterocycles. The summed E-state index contributed by atoms with van der Waals surface area (Å²) in [5.41, 5.74) is 13.2. The van der Waals surface area contributed by atoms with Crippen molar-refractivity contribution in [1.29, 1.82) is 0 Å². The van der Waals surface area contributed by atoms with E-state index in [0.717, 1.165) is 65.2 Å². The molecule has 4 N–H and O–H groups in total. The number of nitrogen functional groups attached to an aromatic ring is 1. The molecule has 218 valence electrons. The molecule has 7 nitrogen and oxygen atoms in total. The number of rotatable bonds is 5. The van der Waals surface area contributed by atoms with Crippen LogP contribution in [0, 0.1) is 6.92 Å². The van der Waals surface area contributed by atoms with Crippen LogP contribution >= 0.6 is 22.9 Å². The maximum Gasteiger partial charge on any atom is 0.307 e. The Morgan fingerprint density at radius 2 is 1.60 bits per heavy atom. The van der Waals surface area contributed by atoms with Crippen LogP contribution in [-0.4, -0.2) is 36.7 Å². The number of fused-ring (bicyclic) bond motifs is 2. The van der Waals surface area contributed by atoms with Gasteiger partial charge in [0.25, 0.3) is 0 Å². The van der Waals surface area contributed by atoms with Crippen LogP contribution in [0.15, 0.2) is 79.0 Å². The zero-order valence-corrected chi connectivity index (χ0v) is 25.8. The van der Waals surface area contributed by atoms with Crippen LogP contribution in [0.1, 0.15) is 31.9 Å². The van der Waals surface area contributed by atoms with Gasteiger partial charge in [0.2, 0.25) is 0 Å². The molecule has 3 heterocycles. The lowest BCUT2D eigenvalue weighted by atomic mass is 9.93. The van der Waals surface area contributed by atoms with Crippen molar-refractivity contribution in [3.05, 3.63) is 95.1 Å². The number of aryl methyl sites for hydroxylation is 1. The van der Waals surface area contributed by atoms with Gasteiger partial charge in [0.05, 0.1) is 33.4 Å². The molecule has 0 aliphatic heterocycles.